The van der Waals surface area contributed by atoms with Gasteiger partial charge in [-0.25, -0.2) is 0 Å². The third kappa shape index (κ3) is 3.15. The van der Waals surface area contributed by atoms with Gasteiger partial charge in [-0.15, -0.1) is 22.0 Å². The molecule has 1 amide bonds. The Morgan fingerprint density at radius 3 is 2.68 bits per heavy atom. The fourth-order valence-corrected chi connectivity index (χ4v) is 2.42. The minimum atomic E-state index is -0.155. The van der Waals surface area contributed by atoms with Crippen molar-refractivity contribution in [3.8, 4) is 11.4 Å². The number of carbonyl (C=O) groups is 1. The van der Waals surface area contributed by atoms with E-state index in [1.165, 1.54) is 0 Å². The topological polar surface area (TPSA) is 83.6 Å². The van der Waals surface area contributed by atoms with Gasteiger partial charge in [0.2, 0.25) is 5.82 Å². The molecule has 7 heteroatoms. The van der Waals surface area contributed by atoms with E-state index in [0.29, 0.717) is 11.4 Å². The Morgan fingerprint density at radius 1 is 1.18 bits per heavy atom. The van der Waals surface area contributed by atoms with Gasteiger partial charge in [0.15, 0.2) is 0 Å². The van der Waals surface area contributed by atoms with Crippen LogP contribution in [-0.2, 0) is 0 Å². The maximum Gasteiger partial charge on any atom is 0.255 e. The molecule has 0 aliphatic heterocycles. The number of thioether (sulfide) groups is 1. The highest BCUT2D eigenvalue weighted by Crippen LogP contribution is 2.20. The molecule has 1 heterocycles. The summed E-state index contributed by atoms with van der Waals surface area (Å²) < 4.78 is 0. The fraction of sp³-hybridized carbons (Fsp3) is 0.0667. The lowest BCUT2D eigenvalue weighted by Gasteiger charge is -2.07. The van der Waals surface area contributed by atoms with E-state index >= 15 is 0 Å². The Morgan fingerprint density at radius 2 is 2.00 bits per heavy atom. The highest BCUT2D eigenvalue weighted by atomic mass is 32.2. The maximum atomic E-state index is 12.2. The monoisotopic (exact) mass is 311 g/mol. The van der Waals surface area contributed by atoms with Crippen molar-refractivity contribution in [1.82, 2.24) is 20.6 Å². The Labute approximate surface area is 131 Å². The molecule has 22 heavy (non-hydrogen) atoms. The highest BCUT2D eigenvalue weighted by molar-refractivity contribution is 7.98. The average Bonchev–Trinajstić information content (AvgIpc) is 3.09. The molecule has 3 rings (SSSR count). The van der Waals surface area contributed by atoms with Gasteiger partial charge in [0.05, 0.1) is 0 Å². The van der Waals surface area contributed by atoms with Crippen LogP contribution in [0.1, 0.15) is 10.4 Å². The number of anilines is 1. The van der Waals surface area contributed by atoms with Gasteiger partial charge >= 0.3 is 0 Å². The van der Waals surface area contributed by atoms with E-state index in [-0.39, 0.29) is 5.91 Å². The molecular weight excluding hydrogens is 298 g/mol. The SMILES string of the molecule is CSc1cccc(NC(=O)c2ccc(-c3nn[nH]n3)cc2)c1. The summed E-state index contributed by atoms with van der Waals surface area (Å²) in [4.78, 5) is 13.3. The van der Waals surface area contributed by atoms with Gasteiger partial charge in [0, 0.05) is 21.7 Å². The zero-order chi connectivity index (χ0) is 15.4. The van der Waals surface area contributed by atoms with Gasteiger partial charge < -0.3 is 5.32 Å². The summed E-state index contributed by atoms with van der Waals surface area (Å²) in [5, 5.41) is 16.6. The molecule has 0 radical (unpaired) electrons. The van der Waals surface area contributed by atoms with Gasteiger partial charge in [-0.3, -0.25) is 4.79 Å². The van der Waals surface area contributed by atoms with Crippen molar-refractivity contribution in [3.63, 3.8) is 0 Å². The first-order chi connectivity index (χ1) is 10.8. The van der Waals surface area contributed by atoms with Gasteiger partial charge in [-0.05, 0) is 41.8 Å². The molecule has 0 spiro atoms. The molecule has 0 saturated carbocycles. The number of rotatable bonds is 4. The number of amides is 1. The number of aromatic amines is 1. The second kappa shape index (κ2) is 6.40. The number of nitrogens with one attached hydrogen (secondary N) is 2. The number of hydrogen-bond acceptors (Lipinski definition) is 5. The van der Waals surface area contributed by atoms with E-state index in [1.807, 2.05) is 30.5 Å². The molecular formula is C15H13N5OS. The van der Waals surface area contributed by atoms with Crippen LogP contribution in [0.3, 0.4) is 0 Å². The number of H-pyrrole nitrogens is 1. The third-order valence-corrected chi connectivity index (χ3v) is 3.80. The van der Waals surface area contributed by atoms with Crippen LogP contribution in [0.5, 0.6) is 0 Å². The molecule has 0 aliphatic rings. The van der Waals surface area contributed by atoms with E-state index in [0.717, 1.165) is 16.1 Å². The molecule has 0 bridgehead atoms. The van der Waals surface area contributed by atoms with Crippen LogP contribution in [0.15, 0.2) is 53.4 Å². The van der Waals surface area contributed by atoms with E-state index in [2.05, 4.69) is 25.9 Å². The lowest BCUT2D eigenvalue weighted by atomic mass is 10.1. The number of tetrazole rings is 1. The summed E-state index contributed by atoms with van der Waals surface area (Å²) in [7, 11) is 0. The molecule has 0 fully saturated rings. The van der Waals surface area contributed by atoms with Crippen molar-refractivity contribution in [3.05, 3.63) is 54.1 Å². The Balaban J connectivity index is 1.74. The molecule has 3 aromatic rings. The van der Waals surface area contributed by atoms with E-state index in [1.54, 1.807) is 36.0 Å². The number of carbonyl (C=O) groups excluding carboxylic acids is 1. The molecule has 6 nitrogen and oxygen atoms in total. The van der Waals surface area contributed by atoms with Crippen molar-refractivity contribution >= 4 is 23.4 Å². The number of nitrogens with zero attached hydrogens (tertiary/aromatic N) is 3. The maximum absolute atomic E-state index is 12.2. The van der Waals surface area contributed by atoms with Crippen LogP contribution in [0.4, 0.5) is 5.69 Å². The first-order valence-corrected chi connectivity index (χ1v) is 7.78. The summed E-state index contributed by atoms with van der Waals surface area (Å²) in [6.45, 7) is 0. The van der Waals surface area contributed by atoms with Crippen LogP contribution in [-0.4, -0.2) is 32.8 Å². The van der Waals surface area contributed by atoms with Crippen molar-refractivity contribution in [2.24, 2.45) is 0 Å². The summed E-state index contributed by atoms with van der Waals surface area (Å²) in [6.07, 6.45) is 2.00. The summed E-state index contributed by atoms with van der Waals surface area (Å²) >= 11 is 1.63. The number of aromatic nitrogens is 4. The van der Waals surface area contributed by atoms with Gasteiger partial charge in [0.1, 0.15) is 0 Å². The molecule has 2 N–H and O–H groups in total. The average molecular weight is 311 g/mol. The fourth-order valence-electron chi connectivity index (χ4n) is 1.96. The lowest BCUT2D eigenvalue weighted by molar-refractivity contribution is 0.102. The number of benzene rings is 2. The van der Waals surface area contributed by atoms with Crippen LogP contribution in [0, 0.1) is 0 Å². The normalized spacial score (nSPS) is 10.4. The highest BCUT2D eigenvalue weighted by Gasteiger charge is 2.08. The molecule has 2 aromatic carbocycles. The smallest absolute Gasteiger partial charge is 0.255 e. The minimum absolute atomic E-state index is 0.155. The van der Waals surface area contributed by atoms with Gasteiger partial charge in [-0.1, -0.05) is 18.2 Å². The van der Waals surface area contributed by atoms with E-state index in [4.69, 9.17) is 0 Å². The third-order valence-electron chi connectivity index (χ3n) is 3.08. The molecule has 0 aliphatic carbocycles. The standard InChI is InChI=1S/C15H13N5OS/c1-22-13-4-2-3-12(9-13)16-15(21)11-7-5-10(6-8-11)14-17-19-20-18-14/h2-9H,1H3,(H,16,21)(H,17,18,19,20). The zero-order valence-corrected chi connectivity index (χ0v) is 12.6. The molecule has 0 unspecified atom stereocenters. The number of hydrogen-bond donors (Lipinski definition) is 2. The Bertz CT molecular complexity index is 771. The molecule has 110 valence electrons. The van der Waals surface area contributed by atoms with Crippen molar-refractivity contribution in [2.45, 2.75) is 4.90 Å². The van der Waals surface area contributed by atoms with Crippen LogP contribution < -0.4 is 5.32 Å². The molecule has 1 aromatic heterocycles. The second-order valence-corrected chi connectivity index (χ2v) is 5.38. The lowest BCUT2D eigenvalue weighted by Crippen LogP contribution is -2.11. The molecule has 0 atom stereocenters. The second-order valence-electron chi connectivity index (χ2n) is 4.50. The Kier molecular flexibility index (Phi) is 4.15. The van der Waals surface area contributed by atoms with Crippen molar-refractivity contribution in [2.75, 3.05) is 11.6 Å². The summed E-state index contributed by atoms with van der Waals surface area (Å²) in [5.41, 5.74) is 2.15. The Hall–Kier alpha value is -2.67. The predicted molar refractivity (Wildman–Crippen MR) is 85.8 cm³/mol. The first kappa shape index (κ1) is 14.3. The quantitative estimate of drug-likeness (QED) is 0.724. The van der Waals surface area contributed by atoms with Crippen LogP contribution >= 0.6 is 11.8 Å². The van der Waals surface area contributed by atoms with Crippen LogP contribution in [0.25, 0.3) is 11.4 Å². The van der Waals surface area contributed by atoms with E-state index < -0.39 is 0 Å². The summed E-state index contributed by atoms with van der Waals surface area (Å²) in [5.74, 6) is 0.345. The van der Waals surface area contributed by atoms with Crippen molar-refractivity contribution < 1.29 is 4.79 Å². The first-order valence-electron chi connectivity index (χ1n) is 6.55. The zero-order valence-electron chi connectivity index (χ0n) is 11.8. The van der Waals surface area contributed by atoms with Crippen LogP contribution in [0.2, 0.25) is 0 Å². The van der Waals surface area contributed by atoms with E-state index in [9.17, 15) is 4.79 Å². The van der Waals surface area contributed by atoms with Gasteiger partial charge in [0.25, 0.3) is 5.91 Å². The largest absolute Gasteiger partial charge is 0.322 e. The van der Waals surface area contributed by atoms with Crippen molar-refractivity contribution in [1.29, 1.82) is 0 Å². The van der Waals surface area contributed by atoms with Gasteiger partial charge in [-0.2, -0.15) is 5.21 Å². The predicted octanol–water partition coefficient (Wildman–Crippen LogP) is 2.84. The molecule has 0 saturated heterocycles. The summed E-state index contributed by atoms with van der Waals surface area (Å²) in [6, 6.07) is 14.8. The minimum Gasteiger partial charge on any atom is -0.322 e.